The van der Waals surface area contributed by atoms with E-state index in [1.807, 2.05) is 24.3 Å². The van der Waals surface area contributed by atoms with Crippen LogP contribution in [-0.4, -0.2) is 25.3 Å². The zero-order chi connectivity index (χ0) is 15.4. The van der Waals surface area contributed by atoms with E-state index in [-0.39, 0.29) is 12.1 Å². The molecule has 116 valence electrons. The Bertz CT molecular complexity index is 665. The second-order valence-electron chi connectivity index (χ2n) is 5.48. The number of hydrogen-bond acceptors (Lipinski definition) is 3. The molecule has 22 heavy (non-hydrogen) atoms. The molecule has 0 radical (unpaired) electrons. The molecule has 2 atom stereocenters. The molecule has 3 rings (SSSR count). The van der Waals surface area contributed by atoms with Gasteiger partial charge in [0.05, 0.1) is 12.4 Å². The van der Waals surface area contributed by atoms with Crippen LogP contribution < -0.4 is 10.6 Å². The number of carbonyl (C=O) groups is 1. The molecule has 1 aliphatic heterocycles. The normalized spacial score (nSPS) is 20.9. The van der Waals surface area contributed by atoms with Gasteiger partial charge in [0.2, 0.25) is 0 Å². The van der Waals surface area contributed by atoms with Crippen molar-refractivity contribution in [3.63, 3.8) is 0 Å². The maximum absolute atomic E-state index is 11.9. The van der Waals surface area contributed by atoms with Crippen LogP contribution in [0.2, 0.25) is 0 Å². The van der Waals surface area contributed by atoms with Crippen molar-refractivity contribution in [1.82, 2.24) is 10.6 Å². The number of benzene rings is 1. The number of amides is 2. The molecule has 0 unspecified atom stereocenters. The summed E-state index contributed by atoms with van der Waals surface area (Å²) in [4.78, 5) is 11.9. The molecule has 5 nitrogen and oxygen atoms in total. The fourth-order valence-corrected chi connectivity index (χ4v) is 2.73. The van der Waals surface area contributed by atoms with Gasteiger partial charge in [0.25, 0.3) is 0 Å². The highest BCUT2D eigenvalue weighted by Gasteiger charge is 2.25. The van der Waals surface area contributed by atoms with E-state index in [4.69, 9.17) is 9.15 Å². The lowest BCUT2D eigenvalue weighted by Gasteiger charge is -2.15. The van der Waals surface area contributed by atoms with Gasteiger partial charge in [0, 0.05) is 31.0 Å². The van der Waals surface area contributed by atoms with Gasteiger partial charge in [0.1, 0.15) is 5.58 Å². The second kappa shape index (κ2) is 6.66. The van der Waals surface area contributed by atoms with Crippen LogP contribution >= 0.6 is 0 Å². The van der Waals surface area contributed by atoms with Crippen molar-refractivity contribution >= 4 is 17.0 Å². The minimum atomic E-state index is -0.165. The van der Waals surface area contributed by atoms with E-state index in [0.717, 1.165) is 29.6 Å². The quantitative estimate of drug-likeness (QED) is 0.835. The number of urea groups is 1. The van der Waals surface area contributed by atoms with E-state index in [2.05, 4.69) is 17.2 Å². The monoisotopic (exact) mass is 300 g/mol. The highest BCUT2D eigenvalue weighted by Crippen LogP contribution is 2.20. The van der Waals surface area contributed by atoms with Crippen LogP contribution in [-0.2, 0) is 11.3 Å². The second-order valence-corrected chi connectivity index (χ2v) is 5.48. The first-order valence-corrected chi connectivity index (χ1v) is 7.48. The number of ether oxygens (including phenoxy) is 1. The highest BCUT2D eigenvalue weighted by atomic mass is 16.5. The van der Waals surface area contributed by atoms with Crippen LogP contribution in [0.25, 0.3) is 11.0 Å². The van der Waals surface area contributed by atoms with E-state index in [0.29, 0.717) is 19.0 Å². The summed E-state index contributed by atoms with van der Waals surface area (Å²) < 4.78 is 10.8. The molecule has 2 aromatic rings. The average molecular weight is 300 g/mol. The van der Waals surface area contributed by atoms with Gasteiger partial charge < -0.3 is 19.8 Å². The molecule has 2 N–H and O–H groups in total. The van der Waals surface area contributed by atoms with Gasteiger partial charge in [-0.25, -0.2) is 4.79 Å². The summed E-state index contributed by atoms with van der Waals surface area (Å²) in [6.45, 7) is 5.57. The fourth-order valence-electron chi connectivity index (χ4n) is 2.73. The first-order valence-electron chi connectivity index (χ1n) is 7.48. The summed E-state index contributed by atoms with van der Waals surface area (Å²) in [5.74, 6) is 0.311. The van der Waals surface area contributed by atoms with Crippen LogP contribution in [0.4, 0.5) is 4.79 Å². The molecule has 0 aliphatic carbocycles. The zero-order valence-corrected chi connectivity index (χ0v) is 12.4. The molecular formula is C17H20N2O3. The predicted molar refractivity (Wildman–Crippen MR) is 84.5 cm³/mol. The Labute approximate surface area is 129 Å². The molecule has 1 aliphatic rings. The third-order valence-corrected chi connectivity index (χ3v) is 3.99. The van der Waals surface area contributed by atoms with Crippen molar-refractivity contribution in [2.45, 2.75) is 19.1 Å². The molecule has 0 spiro atoms. The molecule has 0 bridgehead atoms. The SMILES string of the molecule is C=C[C@@H]1OCC[C@H]1CNC(=O)NCc1ccc2occc2c1. The molecule has 2 heterocycles. The Kier molecular flexibility index (Phi) is 4.44. The van der Waals surface area contributed by atoms with Crippen molar-refractivity contribution in [1.29, 1.82) is 0 Å². The molecular weight excluding hydrogens is 280 g/mol. The van der Waals surface area contributed by atoms with E-state index in [1.54, 1.807) is 12.3 Å². The highest BCUT2D eigenvalue weighted by molar-refractivity contribution is 5.78. The van der Waals surface area contributed by atoms with Crippen LogP contribution in [0.5, 0.6) is 0 Å². The zero-order valence-electron chi connectivity index (χ0n) is 12.4. The van der Waals surface area contributed by atoms with E-state index < -0.39 is 0 Å². The number of carbonyl (C=O) groups excluding carboxylic acids is 1. The van der Waals surface area contributed by atoms with Gasteiger partial charge in [-0.3, -0.25) is 0 Å². The predicted octanol–water partition coefficient (Wildman–Crippen LogP) is 2.82. The molecule has 2 amide bonds. The van der Waals surface area contributed by atoms with Gasteiger partial charge in [-0.1, -0.05) is 12.1 Å². The third kappa shape index (κ3) is 3.31. The first-order chi connectivity index (χ1) is 10.8. The number of nitrogens with one attached hydrogen (secondary N) is 2. The first kappa shape index (κ1) is 14.7. The lowest BCUT2D eigenvalue weighted by atomic mass is 10.0. The van der Waals surface area contributed by atoms with Gasteiger partial charge in [-0.05, 0) is 30.2 Å². The van der Waals surface area contributed by atoms with Crippen molar-refractivity contribution in [3.8, 4) is 0 Å². The Hall–Kier alpha value is -2.27. The van der Waals surface area contributed by atoms with Gasteiger partial charge >= 0.3 is 6.03 Å². The third-order valence-electron chi connectivity index (χ3n) is 3.99. The van der Waals surface area contributed by atoms with Gasteiger partial charge in [-0.15, -0.1) is 6.58 Å². The van der Waals surface area contributed by atoms with Crippen LogP contribution in [0.15, 0.2) is 47.6 Å². The summed E-state index contributed by atoms with van der Waals surface area (Å²) in [5, 5.41) is 6.80. The van der Waals surface area contributed by atoms with Crippen molar-refractivity contribution in [2.24, 2.45) is 5.92 Å². The number of fused-ring (bicyclic) bond motifs is 1. The largest absolute Gasteiger partial charge is 0.464 e. The molecule has 5 heteroatoms. The molecule has 1 saturated heterocycles. The topological polar surface area (TPSA) is 63.5 Å². The number of furan rings is 1. The van der Waals surface area contributed by atoms with Crippen LogP contribution in [0.1, 0.15) is 12.0 Å². The Morgan fingerprint density at radius 2 is 2.27 bits per heavy atom. The van der Waals surface area contributed by atoms with E-state index >= 15 is 0 Å². The average Bonchev–Trinajstić information content (AvgIpc) is 3.18. The van der Waals surface area contributed by atoms with E-state index in [9.17, 15) is 4.79 Å². The summed E-state index contributed by atoms with van der Waals surface area (Å²) >= 11 is 0. The molecule has 1 aromatic heterocycles. The molecule has 0 saturated carbocycles. The minimum absolute atomic E-state index is 0.0452. The fraction of sp³-hybridized carbons (Fsp3) is 0.353. The van der Waals surface area contributed by atoms with Gasteiger partial charge in [-0.2, -0.15) is 0 Å². The smallest absolute Gasteiger partial charge is 0.315 e. The summed E-state index contributed by atoms with van der Waals surface area (Å²) in [6.07, 6.45) is 4.46. The van der Waals surface area contributed by atoms with Crippen molar-refractivity contribution < 1.29 is 13.9 Å². The Balaban J connectivity index is 1.46. The summed E-state index contributed by atoms with van der Waals surface area (Å²) in [5.41, 5.74) is 1.89. The lowest BCUT2D eigenvalue weighted by Crippen LogP contribution is -2.39. The van der Waals surface area contributed by atoms with Gasteiger partial charge in [0.15, 0.2) is 0 Å². The van der Waals surface area contributed by atoms with E-state index in [1.165, 1.54) is 0 Å². The molecule has 1 aromatic carbocycles. The summed E-state index contributed by atoms with van der Waals surface area (Å²) in [6, 6.07) is 7.62. The summed E-state index contributed by atoms with van der Waals surface area (Å²) in [7, 11) is 0. The van der Waals surface area contributed by atoms with Crippen LogP contribution in [0, 0.1) is 5.92 Å². The maximum Gasteiger partial charge on any atom is 0.315 e. The minimum Gasteiger partial charge on any atom is -0.464 e. The Morgan fingerprint density at radius 1 is 1.36 bits per heavy atom. The van der Waals surface area contributed by atoms with Crippen LogP contribution in [0.3, 0.4) is 0 Å². The standard InChI is InChI=1S/C17H20N2O3/c1-2-15-14(6-8-21-15)11-19-17(20)18-10-12-3-4-16-13(9-12)5-7-22-16/h2-5,7,9,14-15H,1,6,8,10-11H2,(H2,18,19,20)/t14-,15-/m0/s1. The van der Waals surface area contributed by atoms with Crippen molar-refractivity contribution in [3.05, 3.63) is 48.7 Å². The lowest BCUT2D eigenvalue weighted by molar-refractivity contribution is 0.128. The molecule has 1 fully saturated rings. The van der Waals surface area contributed by atoms with Crippen molar-refractivity contribution in [2.75, 3.05) is 13.2 Å². The Morgan fingerprint density at radius 3 is 3.14 bits per heavy atom. The number of hydrogen-bond donors (Lipinski definition) is 2. The number of rotatable bonds is 5. The maximum atomic E-state index is 11.9.